The van der Waals surface area contributed by atoms with Crippen molar-refractivity contribution in [3.8, 4) is 0 Å². The number of aromatic amines is 1. The quantitative estimate of drug-likeness (QED) is 0.586. The van der Waals surface area contributed by atoms with Gasteiger partial charge in [-0.3, -0.25) is 0 Å². The highest BCUT2D eigenvalue weighted by atomic mass is 16.4. The molecule has 1 aromatic heterocycles. The highest BCUT2D eigenvalue weighted by molar-refractivity contribution is 5.85. The van der Waals surface area contributed by atoms with Gasteiger partial charge in [0.05, 0.1) is 0 Å². The van der Waals surface area contributed by atoms with E-state index in [4.69, 9.17) is 0 Å². The molecule has 0 aliphatic heterocycles. The van der Waals surface area contributed by atoms with Crippen LogP contribution in [0.25, 0.3) is 10.9 Å². The van der Waals surface area contributed by atoms with Crippen molar-refractivity contribution in [3.05, 3.63) is 83.6 Å². The van der Waals surface area contributed by atoms with Crippen LogP contribution in [0.1, 0.15) is 36.1 Å². The highest BCUT2D eigenvalue weighted by Gasteiger charge is 2.33. The van der Waals surface area contributed by atoms with Crippen molar-refractivity contribution in [2.75, 3.05) is 0 Å². The summed E-state index contributed by atoms with van der Waals surface area (Å²) in [4.78, 5) is 14.8. The molecular formula is C24H25NO2. The Kier molecular flexibility index (Phi) is 4.85. The number of carbonyl (C=O) groups is 1. The normalized spacial score (nSPS) is 19.4. The minimum absolute atomic E-state index is 0.0782. The summed E-state index contributed by atoms with van der Waals surface area (Å²) in [7, 11) is 0. The van der Waals surface area contributed by atoms with E-state index in [-0.39, 0.29) is 5.41 Å². The van der Waals surface area contributed by atoms with Crippen molar-refractivity contribution >= 4 is 16.9 Å². The van der Waals surface area contributed by atoms with E-state index in [1.54, 1.807) is 0 Å². The van der Waals surface area contributed by atoms with Gasteiger partial charge in [0.1, 0.15) is 0 Å². The van der Waals surface area contributed by atoms with Gasteiger partial charge in [-0.05, 0) is 61.1 Å². The van der Waals surface area contributed by atoms with Gasteiger partial charge in [-0.15, -0.1) is 0 Å². The highest BCUT2D eigenvalue weighted by Crippen LogP contribution is 2.43. The lowest BCUT2D eigenvalue weighted by Crippen LogP contribution is -2.27. The number of allylic oxidation sites excluding steroid dienone is 1. The maximum atomic E-state index is 11.2. The van der Waals surface area contributed by atoms with Gasteiger partial charge in [0.15, 0.2) is 0 Å². The fraction of sp³-hybridized carbons (Fsp3) is 0.292. The van der Waals surface area contributed by atoms with Gasteiger partial charge in [0, 0.05) is 22.7 Å². The summed E-state index contributed by atoms with van der Waals surface area (Å²) in [6, 6.07) is 19.0. The van der Waals surface area contributed by atoms with E-state index in [1.807, 2.05) is 12.1 Å². The van der Waals surface area contributed by atoms with Crippen LogP contribution < -0.4 is 0 Å². The summed E-state index contributed by atoms with van der Waals surface area (Å²) in [5.41, 5.74) is 5.14. The molecule has 2 N–H and O–H groups in total. The molecule has 1 atom stereocenters. The number of aryl methyl sites for hydroxylation is 2. The molecule has 4 rings (SSSR count). The first-order valence-electron chi connectivity index (χ1n) is 9.70. The Morgan fingerprint density at radius 1 is 1.11 bits per heavy atom. The average molecular weight is 359 g/mol. The average Bonchev–Trinajstić information content (AvgIpc) is 3.05. The Bertz CT molecular complexity index is 970. The Labute approximate surface area is 159 Å². The van der Waals surface area contributed by atoms with Crippen molar-refractivity contribution in [1.29, 1.82) is 0 Å². The molecule has 1 aliphatic rings. The maximum Gasteiger partial charge on any atom is 0.327 e. The van der Waals surface area contributed by atoms with E-state index >= 15 is 0 Å². The molecule has 3 aromatic rings. The van der Waals surface area contributed by atoms with Crippen LogP contribution >= 0.6 is 0 Å². The van der Waals surface area contributed by atoms with Gasteiger partial charge in [0.2, 0.25) is 0 Å². The van der Waals surface area contributed by atoms with E-state index in [2.05, 4.69) is 53.5 Å². The number of aromatic nitrogens is 1. The SMILES string of the molecule is O=C(O)C=CC1(CCCc2ccccc2)CCc2[nH]c3ccccc3c2C1. The van der Waals surface area contributed by atoms with Crippen molar-refractivity contribution < 1.29 is 9.90 Å². The predicted octanol–water partition coefficient (Wildman–Crippen LogP) is 5.31. The van der Waals surface area contributed by atoms with Crippen molar-refractivity contribution in [2.24, 2.45) is 5.41 Å². The van der Waals surface area contributed by atoms with Crippen LogP contribution in [0.2, 0.25) is 0 Å². The predicted molar refractivity (Wildman–Crippen MR) is 109 cm³/mol. The summed E-state index contributed by atoms with van der Waals surface area (Å²) >= 11 is 0. The number of fused-ring (bicyclic) bond motifs is 3. The summed E-state index contributed by atoms with van der Waals surface area (Å²) in [6.07, 6.45) is 9.28. The second kappa shape index (κ2) is 7.43. The van der Waals surface area contributed by atoms with Gasteiger partial charge in [0.25, 0.3) is 0 Å². The first-order valence-corrected chi connectivity index (χ1v) is 9.70. The molecule has 0 saturated heterocycles. The van der Waals surface area contributed by atoms with E-state index in [1.165, 1.54) is 33.8 Å². The molecule has 0 amide bonds. The third-order valence-electron chi connectivity index (χ3n) is 5.87. The molecule has 0 saturated carbocycles. The fourth-order valence-electron chi connectivity index (χ4n) is 4.46. The second-order valence-electron chi connectivity index (χ2n) is 7.68. The second-order valence-corrected chi connectivity index (χ2v) is 7.68. The molecule has 3 heteroatoms. The van der Waals surface area contributed by atoms with E-state index in [0.29, 0.717) is 0 Å². The number of aliphatic carboxylic acids is 1. The van der Waals surface area contributed by atoms with E-state index in [0.717, 1.165) is 38.5 Å². The third-order valence-corrected chi connectivity index (χ3v) is 5.87. The van der Waals surface area contributed by atoms with Gasteiger partial charge in [-0.25, -0.2) is 4.79 Å². The molecule has 1 heterocycles. The first-order chi connectivity index (χ1) is 13.2. The smallest absolute Gasteiger partial charge is 0.327 e. The van der Waals surface area contributed by atoms with E-state index in [9.17, 15) is 9.90 Å². The maximum absolute atomic E-state index is 11.2. The number of benzene rings is 2. The largest absolute Gasteiger partial charge is 0.478 e. The number of rotatable bonds is 6. The molecule has 0 bridgehead atoms. The number of carboxylic acid groups (broad SMARTS) is 1. The van der Waals surface area contributed by atoms with Gasteiger partial charge < -0.3 is 10.1 Å². The summed E-state index contributed by atoms with van der Waals surface area (Å²) in [6.45, 7) is 0. The molecule has 0 spiro atoms. The molecule has 3 nitrogen and oxygen atoms in total. The number of para-hydroxylation sites is 1. The van der Waals surface area contributed by atoms with Crippen LogP contribution in [0.3, 0.4) is 0 Å². The lowest BCUT2D eigenvalue weighted by atomic mass is 9.69. The zero-order valence-electron chi connectivity index (χ0n) is 15.4. The minimum Gasteiger partial charge on any atom is -0.478 e. The van der Waals surface area contributed by atoms with Crippen molar-refractivity contribution in [3.63, 3.8) is 0 Å². The zero-order valence-corrected chi connectivity index (χ0v) is 15.4. The van der Waals surface area contributed by atoms with Crippen LogP contribution in [0, 0.1) is 5.41 Å². The Morgan fingerprint density at radius 3 is 2.70 bits per heavy atom. The van der Waals surface area contributed by atoms with Gasteiger partial charge in [-0.2, -0.15) is 0 Å². The zero-order chi connectivity index (χ0) is 18.7. The van der Waals surface area contributed by atoms with Gasteiger partial charge >= 0.3 is 5.97 Å². The Balaban J connectivity index is 1.58. The topological polar surface area (TPSA) is 53.1 Å². The third kappa shape index (κ3) is 3.82. The van der Waals surface area contributed by atoms with Gasteiger partial charge in [-0.1, -0.05) is 54.6 Å². The number of H-pyrrole nitrogens is 1. The molecule has 2 aromatic carbocycles. The molecule has 27 heavy (non-hydrogen) atoms. The minimum atomic E-state index is -0.859. The van der Waals surface area contributed by atoms with E-state index < -0.39 is 5.97 Å². The number of hydrogen-bond donors (Lipinski definition) is 2. The first kappa shape index (κ1) is 17.6. The van der Waals surface area contributed by atoms with Crippen LogP contribution in [-0.4, -0.2) is 16.1 Å². The number of nitrogens with one attached hydrogen (secondary N) is 1. The molecule has 0 radical (unpaired) electrons. The molecular weight excluding hydrogens is 334 g/mol. The summed E-state index contributed by atoms with van der Waals surface area (Å²) in [5.74, 6) is -0.859. The number of hydrogen-bond acceptors (Lipinski definition) is 1. The van der Waals surface area contributed by atoms with Crippen LogP contribution in [0.4, 0.5) is 0 Å². The summed E-state index contributed by atoms with van der Waals surface area (Å²) in [5, 5.41) is 10.5. The monoisotopic (exact) mass is 359 g/mol. The van der Waals surface area contributed by atoms with Crippen LogP contribution in [-0.2, 0) is 24.1 Å². The fourth-order valence-corrected chi connectivity index (χ4v) is 4.46. The summed E-state index contributed by atoms with van der Waals surface area (Å²) < 4.78 is 0. The number of carboxylic acids is 1. The Morgan fingerprint density at radius 2 is 1.89 bits per heavy atom. The van der Waals surface area contributed by atoms with Crippen LogP contribution in [0.15, 0.2) is 66.7 Å². The lowest BCUT2D eigenvalue weighted by Gasteiger charge is -2.35. The lowest BCUT2D eigenvalue weighted by molar-refractivity contribution is -0.131. The Hall–Kier alpha value is -2.81. The molecule has 138 valence electrons. The van der Waals surface area contributed by atoms with Crippen molar-refractivity contribution in [1.82, 2.24) is 4.98 Å². The molecule has 0 fully saturated rings. The van der Waals surface area contributed by atoms with Crippen molar-refractivity contribution in [2.45, 2.75) is 38.5 Å². The molecule has 1 aliphatic carbocycles. The van der Waals surface area contributed by atoms with Crippen LogP contribution in [0.5, 0.6) is 0 Å². The molecule has 1 unspecified atom stereocenters. The standard InChI is InChI=1S/C24H25NO2/c26-23(27)13-16-24(14-6-9-18-7-2-1-3-8-18)15-12-22-20(17-24)19-10-4-5-11-21(19)25-22/h1-5,7-8,10-11,13,16,25H,6,9,12,14-15,17H2,(H,26,27).